The molecule has 7 rings (SSSR count). The van der Waals surface area contributed by atoms with Crippen LogP contribution in [0.15, 0.2) is 0 Å². The number of hydrogen-bond acceptors (Lipinski definition) is 3. The van der Waals surface area contributed by atoms with Crippen LogP contribution < -0.4 is 0 Å². The standard InChI is InChI=1S/C13H12BrNO2/c14-12-7-5-6(7)11(1-2-15)9(10(11)12)8(5)13(12)16-3-4-17-13/h5-10H,1,3-4H2/t5-,6-,7-,8+,9-,10-,11-,12+/m1/s1. The van der Waals surface area contributed by atoms with Crippen LogP contribution in [-0.2, 0) is 9.47 Å². The van der Waals surface area contributed by atoms with E-state index < -0.39 is 0 Å². The van der Waals surface area contributed by atoms with E-state index in [2.05, 4.69) is 22.0 Å². The second-order valence-electron chi connectivity index (χ2n) is 6.74. The molecule has 88 valence electrons. The van der Waals surface area contributed by atoms with Crippen molar-refractivity contribution in [2.24, 2.45) is 40.9 Å². The lowest BCUT2D eigenvalue weighted by molar-refractivity contribution is -0.192. The Morgan fingerprint density at radius 1 is 1.18 bits per heavy atom. The lowest BCUT2D eigenvalue weighted by atomic mass is 9.92. The number of ether oxygens (including phenoxy) is 2. The van der Waals surface area contributed by atoms with E-state index in [9.17, 15) is 0 Å². The highest BCUT2D eigenvalue weighted by Gasteiger charge is 3.08. The zero-order valence-corrected chi connectivity index (χ0v) is 10.8. The summed E-state index contributed by atoms with van der Waals surface area (Å²) in [5.74, 6) is 4.05. The van der Waals surface area contributed by atoms with E-state index in [0.29, 0.717) is 17.3 Å². The fourth-order valence-corrected chi connectivity index (χ4v) is 8.89. The van der Waals surface area contributed by atoms with Crippen molar-refractivity contribution in [2.45, 2.75) is 16.5 Å². The number of nitriles is 1. The second-order valence-corrected chi connectivity index (χ2v) is 8.05. The minimum atomic E-state index is -0.302. The fourth-order valence-electron chi connectivity index (χ4n) is 7.09. The third-order valence-corrected chi connectivity index (χ3v) is 8.53. The first-order valence-electron chi connectivity index (χ1n) is 6.59. The van der Waals surface area contributed by atoms with Crippen molar-refractivity contribution in [1.29, 1.82) is 5.26 Å². The maximum atomic E-state index is 9.11. The van der Waals surface area contributed by atoms with Crippen molar-refractivity contribution in [2.75, 3.05) is 13.2 Å². The van der Waals surface area contributed by atoms with Crippen LogP contribution in [0.25, 0.3) is 0 Å². The molecule has 17 heavy (non-hydrogen) atoms. The minimum Gasteiger partial charge on any atom is -0.346 e. The van der Waals surface area contributed by atoms with Gasteiger partial charge in [-0.3, -0.25) is 0 Å². The highest BCUT2D eigenvalue weighted by Crippen LogP contribution is 3.05. The second kappa shape index (κ2) is 2.01. The molecule has 7 aliphatic rings. The summed E-state index contributed by atoms with van der Waals surface area (Å²) >= 11 is 4.05. The van der Waals surface area contributed by atoms with E-state index in [1.54, 1.807) is 0 Å². The van der Waals surface area contributed by atoms with Gasteiger partial charge in [-0.15, -0.1) is 0 Å². The largest absolute Gasteiger partial charge is 0.346 e. The van der Waals surface area contributed by atoms with Crippen LogP contribution >= 0.6 is 15.9 Å². The van der Waals surface area contributed by atoms with Crippen LogP contribution in [-0.4, -0.2) is 23.3 Å². The van der Waals surface area contributed by atoms with E-state index in [1.165, 1.54) is 0 Å². The van der Waals surface area contributed by atoms with Crippen molar-refractivity contribution in [3.63, 3.8) is 0 Å². The zero-order chi connectivity index (χ0) is 11.2. The fraction of sp³-hybridized carbons (Fsp3) is 0.923. The summed E-state index contributed by atoms with van der Waals surface area (Å²) < 4.78 is 12.2. The molecule has 8 atom stereocenters. The summed E-state index contributed by atoms with van der Waals surface area (Å²) in [6.07, 6.45) is 0.764. The van der Waals surface area contributed by atoms with E-state index in [4.69, 9.17) is 14.7 Å². The molecule has 0 aromatic rings. The number of nitrogens with zero attached hydrogens (tertiary/aromatic N) is 1. The summed E-state index contributed by atoms with van der Waals surface area (Å²) in [5, 5.41) is 9.11. The van der Waals surface area contributed by atoms with Crippen LogP contribution in [0.5, 0.6) is 0 Å². The molecule has 6 saturated carbocycles. The Kier molecular flexibility index (Phi) is 1.05. The molecule has 0 amide bonds. The normalized spacial score (nSPS) is 73.2. The summed E-state index contributed by atoms with van der Waals surface area (Å²) in [4.78, 5) is 0. The Hall–Kier alpha value is -0.110. The highest BCUT2D eigenvalue weighted by atomic mass is 79.9. The van der Waals surface area contributed by atoms with Crippen molar-refractivity contribution in [1.82, 2.24) is 0 Å². The first kappa shape index (κ1) is 8.90. The quantitative estimate of drug-likeness (QED) is 0.689. The smallest absolute Gasteiger partial charge is 0.187 e. The molecule has 1 heterocycles. The molecule has 0 aromatic heterocycles. The third kappa shape index (κ3) is 0.505. The SMILES string of the molecule is N#CC[C@@]12[C@@H]3[C@H]4[C@H]5[C@@H]1[C@H]2[C@@](Br)([C@H]43)C51OCCO1. The molecule has 1 aliphatic heterocycles. The van der Waals surface area contributed by atoms with Gasteiger partial charge in [-0.2, -0.15) is 5.26 Å². The van der Waals surface area contributed by atoms with Crippen molar-refractivity contribution in [3.05, 3.63) is 0 Å². The number of rotatable bonds is 1. The highest BCUT2D eigenvalue weighted by molar-refractivity contribution is 9.10. The van der Waals surface area contributed by atoms with E-state index >= 15 is 0 Å². The van der Waals surface area contributed by atoms with Gasteiger partial charge in [0.25, 0.3) is 0 Å². The topological polar surface area (TPSA) is 42.2 Å². The molecular weight excluding hydrogens is 282 g/mol. The maximum absolute atomic E-state index is 9.11. The van der Waals surface area contributed by atoms with E-state index in [0.717, 1.165) is 43.3 Å². The van der Waals surface area contributed by atoms with Gasteiger partial charge in [0.1, 0.15) is 0 Å². The molecule has 1 saturated heterocycles. The average molecular weight is 294 g/mol. The Labute approximate surface area is 108 Å². The lowest BCUT2D eigenvalue weighted by Gasteiger charge is -2.37. The number of alkyl halides is 1. The van der Waals surface area contributed by atoms with Gasteiger partial charge >= 0.3 is 0 Å². The van der Waals surface area contributed by atoms with Crippen molar-refractivity contribution < 1.29 is 9.47 Å². The number of halogens is 1. The first-order valence-corrected chi connectivity index (χ1v) is 7.38. The molecule has 3 nitrogen and oxygen atoms in total. The molecule has 0 aromatic carbocycles. The molecule has 7 fully saturated rings. The monoisotopic (exact) mass is 293 g/mol. The Morgan fingerprint density at radius 2 is 1.94 bits per heavy atom. The Balaban J connectivity index is 1.59. The third-order valence-electron chi connectivity index (χ3n) is 6.96. The Morgan fingerprint density at radius 3 is 2.47 bits per heavy atom. The summed E-state index contributed by atoms with van der Waals surface area (Å²) in [5.41, 5.74) is 0.374. The molecule has 0 radical (unpaired) electrons. The summed E-state index contributed by atoms with van der Waals surface area (Å²) in [6.45, 7) is 1.50. The molecule has 2 bridgehead atoms. The molecule has 0 N–H and O–H groups in total. The van der Waals surface area contributed by atoms with Gasteiger partial charge in [-0.05, 0) is 35.0 Å². The van der Waals surface area contributed by atoms with Gasteiger partial charge in [0.05, 0.1) is 23.6 Å². The molecule has 1 spiro atoms. The lowest BCUT2D eigenvalue weighted by Crippen LogP contribution is -2.50. The predicted molar refractivity (Wildman–Crippen MR) is 59.9 cm³/mol. The van der Waals surface area contributed by atoms with E-state index in [1.807, 2.05) is 0 Å². The molecule has 6 aliphatic carbocycles. The van der Waals surface area contributed by atoms with Gasteiger partial charge in [0, 0.05) is 12.3 Å². The summed E-state index contributed by atoms with van der Waals surface area (Å²) in [6, 6.07) is 2.44. The minimum absolute atomic E-state index is 0.0675. The molecule has 0 unspecified atom stereocenters. The van der Waals surface area contributed by atoms with Crippen molar-refractivity contribution in [3.8, 4) is 6.07 Å². The van der Waals surface area contributed by atoms with Gasteiger partial charge in [0.2, 0.25) is 0 Å². The average Bonchev–Trinajstić information content (AvgIpc) is 2.99. The summed E-state index contributed by atoms with van der Waals surface area (Å²) in [7, 11) is 0. The van der Waals surface area contributed by atoms with Gasteiger partial charge in [-0.25, -0.2) is 0 Å². The van der Waals surface area contributed by atoms with Crippen LogP contribution in [0, 0.1) is 52.3 Å². The van der Waals surface area contributed by atoms with Crippen LogP contribution in [0.3, 0.4) is 0 Å². The molecular formula is C13H12BrNO2. The van der Waals surface area contributed by atoms with Gasteiger partial charge < -0.3 is 9.47 Å². The Bertz CT molecular complexity index is 524. The van der Waals surface area contributed by atoms with Gasteiger partial charge in [0.15, 0.2) is 5.79 Å². The molecule has 4 heteroatoms. The van der Waals surface area contributed by atoms with Crippen LogP contribution in [0.4, 0.5) is 0 Å². The first-order chi connectivity index (χ1) is 8.25. The zero-order valence-electron chi connectivity index (χ0n) is 9.23. The maximum Gasteiger partial charge on any atom is 0.187 e. The van der Waals surface area contributed by atoms with Gasteiger partial charge in [-0.1, -0.05) is 15.9 Å². The van der Waals surface area contributed by atoms with Crippen LogP contribution in [0.2, 0.25) is 0 Å². The van der Waals surface area contributed by atoms with Crippen molar-refractivity contribution >= 4 is 15.9 Å². The predicted octanol–water partition coefficient (Wildman–Crippen LogP) is 1.53. The van der Waals surface area contributed by atoms with Crippen LogP contribution in [0.1, 0.15) is 6.42 Å². The number of hydrogen-bond donors (Lipinski definition) is 0. The van der Waals surface area contributed by atoms with E-state index in [-0.39, 0.29) is 10.1 Å².